The van der Waals surface area contributed by atoms with Crippen LogP contribution in [0.25, 0.3) is 5.69 Å². The maximum absolute atomic E-state index is 12.6. The number of halogens is 1. The molecule has 4 rings (SSSR count). The van der Waals surface area contributed by atoms with Crippen molar-refractivity contribution in [2.24, 2.45) is 0 Å². The highest BCUT2D eigenvalue weighted by atomic mass is 35.5. The minimum Gasteiger partial charge on any atom is -0.379 e. The van der Waals surface area contributed by atoms with Crippen LogP contribution in [0, 0.1) is 0 Å². The van der Waals surface area contributed by atoms with Gasteiger partial charge in [-0.1, -0.05) is 23.7 Å². The van der Waals surface area contributed by atoms with E-state index in [0.717, 1.165) is 30.8 Å². The zero-order valence-corrected chi connectivity index (χ0v) is 14.2. The summed E-state index contributed by atoms with van der Waals surface area (Å²) in [5, 5.41) is 8.04. The van der Waals surface area contributed by atoms with Gasteiger partial charge in [-0.2, -0.15) is 0 Å². The Morgan fingerprint density at radius 2 is 2.21 bits per heavy atom. The van der Waals surface area contributed by atoms with Gasteiger partial charge in [0.05, 0.1) is 22.9 Å². The highest BCUT2D eigenvalue weighted by Crippen LogP contribution is 2.40. The fraction of sp³-hybridized carbons (Fsp3) is 0.471. The summed E-state index contributed by atoms with van der Waals surface area (Å²) >= 11 is 6.30. The molecule has 1 saturated carbocycles. The molecule has 2 aliphatic rings. The molecule has 2 heterocycles. The molecule has 1 N–H and O–H groups in total. The van der Waals surface area contributed by atoms with Crippen LogP contribution >= 0.6 is 11.6 Å². The zero-order chi connectivity index (χ0) is 16.7. The molecule has 0 spiro atoms. The monoisotopic (exact) mass is 346 g/mol. The number of hydrogen-bond donors (Lipinski definition) is 1. The number of rotatable bonds is 4. The van der Waals surface area contributed by atoms with Gasteiger partial charge in [-0.3, -0.25) is 4.79 Å². The van der Waals surface area contributed by atoms with Crippen LogP contribution in [0.2, 0.25) is 5.02 Å². The van der Waals surface area contributed by atoms with Crippen molar-refractivity contribution in [1.82, 2.24) is 20.1 Å². The van der Waals surface area contributed by atoms with Gasteiger partial charge in [0.15, 0.2) is 0 Å². The average molecular weight is 347 g/mol. The van der Waals surface area contributed by atoms with Gasteiger partial charge in [0.1, 0.15) is 5.82 Å². The first-order chi connectivity index (χ1) is 11.6. The fourth-order valence-corrected chi connectivity index (χ4v) is 3.14. The highest BCUT2D eigenvalue weighted by molar-refractivity contribution is 6.32. The van der Waals surface area contributed by atoms with Crippen LogP contribution < -0.4 is 5.32 Å². The molecule has 1 aliphatic carbocycles. The molecule has 6 nitrogen and oxygen atoms in total. The van der Waals surface area contributed by atoms with E-state index in [0.29, 0.717) is 24.2 Å². The zero-order valence-electron chi connectivity index (χ0n) is 13.5. The number of benzene rings is 1. The first-order valence-electron chi connectivity index (χ1n) is 8.18. The maximum atomic E-state index is 12.6. The maximum Gasteiger partial charge on any atom is 0.291 e. The molecule has 1 unspecified atom stereocenters. The van der Waals surface area contributed by atoms with E-state index in [4.69, 9.17) is 16.3 Å². The number of hydrogen-bond acceptors (Lipinski definition) is 4. The molecular formula is C17H19ClN4O2. The summed E-state index contributed by atoms with van der Waals surface area (Å²) in [6.07, 6.45) is 2.92. The Labute approximate surface area is 145 Å². The molecule has 24 heavy (non-hydrogen) atoms. The molecule has 126 valence electrons. The van der Waals surface area contributed by atoms with Crippen molar-refractivity contribution in [2.75, 3.05) is 13.2 Å². The summed E-state index contributed by atoms with van der Waals surface area (Å²) in [6, 6.07) is 7.47. The Kier molecular flexibility index (Phi) is 3.81. The van der Waals surface area contributed by atoms with E-state index in [1.807, 2.05) is 31.2 Å². The molecule has 2 fully saturated rings. The molecule has 1 saturated heterocycles. The number of aromatic nitrogens is 3. The number of amides is 1. The SMILES string of the molecule is CC1(NC(=O)c2nc(C3CC3)n(-c3ccccc3Cl)n2)CCOC1. The van der Waals surface area contributed by atoms with E-state index in [1.54, 1.807) is 4.68 Å². The fourth-order valence-electron chi connectivity index (χ4n) is 2.92. The van der Waals surface area contributed by atoms with Crippen molar-refractivity contribution in [3.8, 4) is 5.69 Å². The molecule has 1 aliphatic heterocycles. The van der Waals surface area contributed by atoms with Gasteiger partial charge in [0.2, 0.25) is 5.82 Å². The Morgan fingerprint density at radius 1 is 1.42 bits per heavy atom. The number of carbonyl (C=O) groups excluding carboxylic acids is 1. The van der Waals surface area contributed by atoms with Crippen LogP contribution in [0.4, 0.5) is 0 Å². The lowest BCUT2D eigenvalue weighted by molar-refractivity contribution is 0.0879. The molecule has 7 heteroatoms. The lowest BCUT2D eigenvalue weighted by Gasteiger charge is -2.22. The lowest BCUT2D eigenvalue weighted by Crippen LogP contribution is -2.46. The van der Waals surface area contributed by atoms with E-state index in [2.05, 4.69) is 15.4 Å². The summed E-state index contributed by atoms with van der Waals surface area (Å²) in [5.41, 5.74) is 0.398. The van der Waals surface area contributed by atoms with Crippen molar-refractivity contribution in [1.29, 1.82) is 0 Å². The van der Waals surface area contributed by atoms with E-state index in [1.165, 1.54) is 0 Å². The van der Waals surface area contributed by atoms with Crippen molar-refractivity contribution < 1.29 is 9.53 Å². The molecule has 0 bridgehead atoms. The summed E-state index contributed by atoms with van der Waals surface area (Å²) in [6.45, 7) is 3.15. The predicted octanol–water partition coefficient (Wildman–Crippen LogP) is 2.71. The van der Waals surface area contributed by atoms with Crippen LogP contribution in [0.5, 0.6) is 0 Å². The van der Waals surface area contributed by atoms with Gasteiger partial charge in [0, 0.05) is 12.5 Å². The Morgan fingerprint density at radius 3 is 2.88 bits per heavy atom. The van der Waals surface area contributed by atoms with Crippen LogP contribution in [0.15, 0.2) is 24.3 Å². The van der Waals surface area contributed by atoms with Crippen LogP contribution in [-0.4, -0.2) is 39.4 Å². The molecule has 1 aromatic heterocycles. The molecule has 2 aromatic rings. The first kappa shape index (κ1) is 15.6. The van der Waals surface area contributed by atoms with E-state index in [-0.39, 0.29) is 17.3 Å². The van der Waals surface area contributed by atoms with E-state index < -0.39 is 0 Å². The van der Waals surface area contributed by atoms with Gasteiger partial charge >= 0.3 is 0 Å². The summed E-state index contributed by atoms with van der Waals surface area (Å²) in [5.74, 6) is 1.07. The second-order valence-electron chi connectivity index (χ2n) is 6.75. The molecular weight excluding hydrogens is 328 g/mol. The Bertz CT molecular complexity index is 779. The molecule has 1 amide bonds. The summed E-state index contributed by atoms with van der Waals surface area (Å²) < 4.78 is 7.09. The van der Waals surface area contributed by atoms with Gasteiger partial charge in [-0.15, -0.1) is 5.10 Å². The second-order valence-corrected chi connectivity index (χ2v) is 7.16. The largest absolute Gasteiger partial charge is 0.379 e. The van der Waals surface area contributed by atoms with Crippen molar-refractivity contribution in [3.05, 3.63) is 40.9 Å². The molecule has 1 atom stereocenters. The first-order valence-corrected chi connectivity index (χ1v) is 8.56. The number of carbonyl (C=O) groups is 1. The molecule has 0 radical (unpaired) electrons. The molecule has 1 aromatic carbocycles. The number of ether oxygens (including phenoxy) is 1. The Hall–Kier alpha value is -1.92. The van der Waals surface area contributed by atoms with Crippen molar-refractivity contribution >= 4 is 17.5 Å². The standard InChI is InChI=1S/C17H19ClN4O2/c1-17(8-9-24-10-17)20-16(23)14-19-15(11-6-7-11)22(21-14)13-5-3-2-4-12(13)18/h2-5,11H,6-10H2,1H3,(H,20,23). The topological polar surface area (TPSA) is 69.0 Å². The number of nitrogens with zero attached hydrogens (tertiary/aromatic N) is 3. The van der Waals surface area contributed by atoms with Crippen LogP contribution in [-0.2, 0) is 4.74 Å². The Balaban J connectivity index is 1.66. The second kappa shape index (κ2) is 5.86. The van der Waals surface area contributed by atoms with E-state index >= 15 is 0 Å². The lowest BCUT2D eigenvalue weighted by atomic mass is 10.0. The third-order valence-corrected chi connectivity index (χ3v) is 4.81. The minimum absolute atomic E-state index is 0.185. The number of nitrogens with one attached hydrogen (secondary N) is 1. The van der Waals surface area contributed by atoms with Gasteiger partial charge < -0.3 is 10.1 Å². The van der Waals surface area contributed by atoms with Gasteiger partial charge in [-0.25, -0.2) is 9.67 Å². The van der Waals surface area contributed by atoms with Gasteiger partial charge in [0.25, 0.3) is 5.91 Å². The van der Waals surface area contributed by atoms with Crippen molar-refractivity contribution in [2.45, 2.75) is 37.6 Å². The third-order valence-electron chi connectivity index (χ3n) is 4.49. The number of para-hydroxylation sites is 1. The predicted molar refractivity (Wildman–Crippen MR) is 89.7 cm³/mol. The minimum atomic E-state index is -0.354. The average Bonchev–Trinajstić information content (AvgIpc) is 3.16. The van der Waals surface area contributed by atoms with Crippen LogP contribution in [0.1, 0.15) is 48.5 Å². The quantitative estimate of drug-likeness (QED) is 0.924. The summed E-state index contributed by atoms with van der Waals surface area (Å²) in [4.78, 5) is 17.1. The normalized spacial score (nSPS) is 23.4. The highest BCUT2D eigenvalue weighted by Gasteiger charge is 2.35. The van der Waals surface area contributed by atoms with Crippen molar-refractivity contribution in [3.63, 3.8) is 0 Å². The third kappa shape index (κ3) is 2.91. The smallest absolute Gasteiger partial charge is 0.291 e. The summed E-state index contributed by atoms with van der Waals surface area (Å²) in [7, 11) is 0. The van der Waals surface area contributed by atoms with Crippen LogP contribution in [0.3, 0.4) is 0 Å². The van der Waals surface area contributed by atoms with E-state index in [9.17, 15) is 4.79 Å². The van der Waals surface area contributed by atoms with Gasteiger partial charge in [-0.05, 0) is 38.3 Å².